The van der Waals surface area contributed by atoms with Crippen molar-refractivity contribution < 1.29 is 4.42 Å². The second kappa shape index (κ2) is 15.4. The summed E-state index contributed by atoms with van der Waals surface area (Å²) in [5.41, 5.74) is 12.9. The Kier molecular flexibility index (Phi) is 8.56. The van der Waals surface area contributed by atoms with E-state index >= 15 is 0 Å². The summed E-state index contributed by atoms with van der Waals surface area (Å²) >= 11 is 0. The minimum absolute atomic E-state index is 0.524. The van der Waals surface area contributed by atoms with Crippen LogP contribution in [0, 0.1) is 0 Å². The van der Waals surface area contributed by atoms with Crippen molar-refractivity contribution in [1.82, 2.24) is 24.1 Å². The summed E-state index contributed by atoms with van der Waals surface area (Å²) in [6.07, 6.45) is 0. The lowest BCUT2D eigenvalue weighted by molar-refractivity contribution is 0.669. The standard InChI is InChI=1S/C65H39N5O/c1-3-15-40(16-4-1)41-27-29-43(30-28-41)63-66-64(46-31-33-50-49-23-11-13-25-54(49)69(57(50)39-46)47-20-5-2-6-21-47)68-65(67-63)52-34-36-56(61-51-24-12-14-26-59(51)71-62(52)61)70-55-35-32-42-17-9-10-22-48(42)60(55)53-37-44-18-7-8-19-45(44)38-58(53)70/h1-39H. The van der Waals surface area contributed by atoms with E-state index in [9.17, 15) is 0 Å². The lowest BCUT2D eigenvalue weighted by Gasteiger charge is -2.13. The predicted octanol–water partition coefficient (Wildman–Crippen LogP) is 16.9. The van der Waals surface area contributed by atoms with Crippen LogP contribution < -0.4 is 0 Å². The van der Waals surface area contributed by atoms with E-state index in [0.29, 0.717) is 23.1 Å². The average Bonchev–Trinajstić information content (AvgIpc) is 4.10. The van der Waals surface area contributed by atoms with Gasteiger partial charge in [0.25, 0.3) is 0 Å². The molecule has 6 nitrogen and oxygen atoms in total. The summed E-state index contributed by atoms with van der Waals surface area (Å²) in [4.78, 5) is 16.1. The predicted molar refractivity (Wildman–Crippen MR) is 293 cm³/mol. The van der Waals surface area contributed by atoms with E-state index in [0.717, 1.165) is 83.0 Å². The van der Waals surface area contributed by atoms with Gasteiger partial charge in [-0.05, 0) is 93.3 Å². The molecule has 0 unspecified atom stereocenters. The maximum atomic E-state index is 7.04. The van der Waals surface area contributed by atoms with E-state index in [-0.39, 0.29) is 0 Å². The number of hydrogen-bond donors (Lipinski definition) is 0. The van der Waals surface area contributed by atoms with E-state index in [1.165, 1.54) is 37.7 Å². The number of nitrogens with zero attached hydrogens (tertiary/aromatic N) is 5. The zero-order chi connectivity index (χ0) is 46.6. The number of benzene rings is 11. The molecule has 0 aliphatic carbocycles. The zero-order valence-electron chi connectivity index (χ0n) is 38.2. The van der Waals surface area contributed by atoms with Crippen LogP contribution in [0.2, 0.25) is 0 Å². The number of aromatic nitrogens is 5. The molecule has 4 aromatic heterocycles. The van der Waals surface area contributed by atoms with Crippen LogP contribution in [0.1, 0.15) is 0 Å². The molecule has 0 saturated carbocycles. The molecule has 0 aliphatic heterocycles. The molecular weight excluding hydrogens is 867 g/mol. The van der Waals surface area contributed by atoms with Crippen LogP contribution in [-0.2, 0) is 0 Å². The molecule has 15 aromatic rings. The van der Waals surface area contributed by atoms with Gasteiger partial charge in [0.2, 0.25) is 0 Å². The molecule has 0 saturated heterocycles. The minimum atomic E-state index is 0.524. The molecule has 6 heteroatoms. The van der Waals surface area contributed by atoms with E-state index in [4.69, 9.17) is 19.4 Å². The molecule has 0 fully saturated rings. The van der Waals surface area contributed by atoms with Crippen LogP contribution in [0.3, 0.4) is 0 Å². The fraction of sp³-hybridized carbons (Fsp3) is 0. The van der Waals surface area contributed by atoms with Crippen molar-refractivity contribution in [2.75, 3.05) is 0 Å². The van der Waals surface area contributed by atoms with Crippen LogP contribution in [0.25, 0.3) is 144 Å². The monoisotopic (exact) mass is 905 g/mol. The highest BCUT2D eigenvalue weighted by Gasteiger charge is 2.24. The lowest BCUT2D eigenvalue weighted by atomic mass is 10.0. The lowest BCUT2D eigenvalue weighted by Crippen LogP contribution is -2.02. The quantitative estimate of drug-likeness (QED) is 0.167. The van der Waals surface area contributed by atoms with Gasteiger partial charge in [0.15, 0.2) is 17.5 Å². The topological polar surface area (TPSA) is 61.7 Å². The molecule has 0 amide bonds. The molecule has 0 radical (unpaired) electrons. The molecule has 71 heavy (non-hydrogen) atoms. The number of para-hydroxylation sites is 3. The third-order valence-corrected chi connectivity index (χ3v) is 14.3. The Balaban J connectivity index is 0.991. The number of fused-ring (bicyclic) bond motifs is 12. The second-order valence-corrected chi connectivity index (χ2v) is 18.3. The van der Waals surface area contributed by atoms with E-state index in [1.54, 1.807) is 0 Å². The number of furan rings is 1. The number of rotatable bonds is 6. The maximum absolute atomic E-state index is 7.04. The summed E-state index contributed by atoms with van der Waals surface area (Å²) in [6, 6.07) is 83.8. The molecule has 0 atom stereocenters. The van der Waals surface area contributed by atoms with Gasteiger partial charge in [-0.3, -0.25) is 0 Å². The Morgan fingerprint density at radius 1 is 0.310 bits per heavy atom. The zero-order valence-corrected chi connectivity index (χ0v) is 38.2. The highest BCUT2D eigenvalue weighted by Crippen LogP contribution is 2.45. The molecule has 0 bridgehead atoms. The van der Waals surface area contributed by atoms with Crippen LogP contribution in [0.5, 0.6) is 0 Å². The van der Waals surface area contributed by atoms with E-state index in [1.807, 2.05) is 12.1 Å². The van der Waals surface area contributed by atoms with Gasteiger partial charge in [-0.2, -0.15) is 0 Å². The van der Waals surface area contributed by atoms with Crippen molar-refractivity contribution in [3.8, 4) is 56.7 Å². The first-order valence-corrected chi connectivity index (χ1v) is 24.0. The first kappa shape index (κ1) is 39.4. The van der Waals surface area contributed by atoms with Crippen molar-refractivity contribution in [1.29, 1.82) is 0 Å². The van der Waals surface area contributed by atoms with Gasteiger partial charge >= 0.3 is 0 Å². The second-order valence-electron chi connectivity index (χ2n) is 18.3. The summed E-state index contributed by atoms with van der Waals surface area (Å²) < 4.78 is 11.8. The summed E-state index contributed by atoms with van der Waals surface area (Å²) in [5, 5.41) is 11.6. The molecule has 330 valence electrons. The van der Waals surface area contributed by atoms with Gasteiger partial charge < -0.3 is 13.6 Å². The molecule has 15 rings (SSSR count). The van der Waals surface area contributed by atoms with Gasteiger partial charge in [-0.25, -0.2) is 15.0 Å². The normalized spacial score (nSPS) is 11.9. The summed E-state index contributed by atoms with van der Waals surface area (Å²) in [5.74, 6) is 1.66. The van der Waals surface area contributed by atoms with Gasteiger partial charge in [0.05, 0.1) is 38.7 Å². The average molecular weight is 906 g/mol. The fourth-order valence-corrected chi connectivity index (χ4v) is 11.1. The highest BCUT2D eigenvalue weighted by molar-refractivity contribution is 6.24. The van der Waals surface area contributed by atoms with Crippen LogP contribution in [0.15, 0.2) is 241 Å². The Bertz CT molecular complexity index is 4620. The van der Waals surface area contributed by atoms with Gasteiger partial charge in [0, 0.05) is 43.7 Å². The van der Waals surface area contributed by atoms with Crippen LogP contribution >= 0.6 is 0 Å². The minimum Gasteiger partial charge on any atom is -0.455 e. The van der Waals surface area contributed by atoms with Crippen molar-refractivity contribution in [3.05, 3.63) is 237 Å². The van der Waals surface area contributed by atoms with Crippen molar-refractivity contribution >= 4 is 87.1 Å². The molecule has 0 aliphatic rings. The van der Waals surface area contributed by atoms with Crippen molar-refractivity contribution in [2.45, 2.75) is 0 Å². The van der Waals surface area contributed by atoms with E-state index < -0.39 is 0 Å². The molecule has 4 heterocycles. The molecular formula is C65H39N5O. The molecule has 0 N–H and O–H groups in total. The Labute approximate surface area is 407 Å². The smallest absolute Gasteiger partial charge is 0.167 e. The van der Waals surface area contributed by atoms with Crippen LogP contribution in [0.4, 0.5) is 0 Å². The first-order chi connectivity index (χ1) is 35.2. The Morgan fingerprint density at radius 2 is 0.901 bits per heavy atom. The molecule has 0 spiro atoms. The SMILES string of the molecule is c1ccc(-c2ccc(-c3nc(-c4ccc5c6ccccc6n(-c6ccccc6)c5c4)nc(-c4ccc(-n5c6cc7ccccc7cc6c6c7ccccc7ccc65)c5c4oc4ccccc45)n3)cc2)cc1. The van der Waals surface area contributed by atoms with Crippen molar-refractivity contribution in [3.63, 3.8) is 0 Å². The largest absolute Gasteiger partial charge is 0.455 e. The van der Waals surface area contributed by atoms with Gasteiger partial charge in [-0.1, -0.05) is 176 Å². The Morgan fingerprint density at radius 3 is 1.72 bits per heavy atom. The third kappa shape index (κ3) is 6.11. The fourth-order valence-electron chi connectivity index (χ4n) is 11.1. The summed E-state index contributed by atoms with van der Waals surface area (Å²) in [7, 11) is 0. The summed E-state index contributed by atoms with van der Waals surface area (Å²) in [6.45, 7) is 0. The maximum Gasteiger partial charge on any atom is 0.167 e. The van der Waals surface area contributed by atoms with Crippen molar-refractivity contribution in [2.24, 2.45) is 0 Å². The molecule has 11 aromatic carbocycles. The van der Waals surface area contributed by atoms with Crippen LogP contribution in [-0.4, -0.2) is 24.1 Å². The van der Waals surface area contributed by atoms with E-state index in [2.05, 4.69) is 234 Å². The first-order valence-electron chi connectivity index (χ1n) is 24.0. The number of hydrogen-bond acceptors (Lipinski definition) is 4. The Hall–Kier alpha value is -9.65. The van der Waals surface area contributed by atoms with Gasteiger partial charge in [0.1, 0.15) is 11.2 Å². The van der Waals surface area contributed by atoms with Gasteiger partial charge in [-0.15, -0.1) is 0 Å². The highest BCUT2D eigenvalue weighted by atomic mass is 16.3. The third-order valence-electron chi connectivity index (χ3n) is 14.3.